The van der Waals surface area contributed by atoms with Crippen LogP contribution in [0.3, 0.4) is 0 Å². The van der Waals surface area contributed by atoms with Crippen molar-refractivity contribution in [3.63, 3.8) is 0 Å². The van der Waals surface area contributed by atoms with Gasteiger partial charge in [0.2, 0.25) is 0 Å². The van der Waals surface area contributed by atoms with Crippen LogP contribution < -0.4 is 0 Å². The van der Waals surface area contributed by atoms with Crippen molar-refractivity contribution >= 4 is 40.6 Å². The van der Waals surface area contributed by atoms with Crippen LogP contribution in [0.4, 0.5) is 0 Å². The van der Waals surface area contributed by atoms with E-state index >= 15 is 0 Å². The second kappa shape index (κ2) is 6.95. The summed E-state index contributed by atoms with van der Waals surface area (Å²) in [5.74, 6) is -0.120. The molecular formula is C4H5Cl3HgO2. The van der Waals surface area contributed by atoms with Crippen LogP contribution >= 0.6 is 34.8 Å². The van der Waals surface area contributed by atoms with Crippen molar-refractivity contribution in [2.45, 2.75) is 17.1 Å². The fourth-order valence-corrected chi connectivity index (χ4v) is 0.847. The second-order valence-corrected chi connectivity index (χ2v) is 4.01. The molecule has 56 valence electrons. The van der Waals surface area contributed by atoms with Crippen LogP contribution in [0, 0.1) is 0 Å². The van der Waals surface area contributed by atoms with E-state index in [1.54, 1.807) is 0 Å². The predicted molar refractivity (Wildman–Crippen MR) is 36.3 cm³/mol. The zero-order valence-corrected chi connectivity index (χ0v) is 13.1. The summed E-state index contributed by atoms with van der Waals surface area (Å²) in [7, 11) is 0. The fraction of sp³-hybridized carbons (Fsp3) is 0.750. The van der Waals surface area contributed by atoms with Crippen molar-refractivity contribution < 1.29 is 33.6 Å². The molecule has 0 heterocycles. The van der Waals surface area contributed by atoms with Crippen LogP contribution in [0.1, 0.15) is 13.3 Å². The molecular weight excluding hydrogens is 387 g/mol. The van der Waals surface area contributed by atoms with Gasteiger partial charge in [-0.1, -0.05) is 34.8 Å². The third kappa shape index (κ3) is 16.1. The third-order valence-electron chi connectivity index (χ3n) is 0.449. The molecule has 0 amide bonds. The van der Waals surface area contributed by atoms with Crippen molar-refractivity contribution in [2.75, 3.05) is 0 Å². The molecule has 0 bridgehead atoms. The summed E-state index contributed by atoms with van der Waals surface area (Å²) in [5, 5.41) is 0. The first-order chi connectivity index (χ1) is 4.42. The Bertz CT molecular complexity index is 112. The Labute approximate surface area is 90.7 Å². The summed E-state index contributed by atoms with van der Waals surface area (Å²) in [6.45, 7) is 1.38. The SMILES string of the molecule is CC(=O)CC(Cl)(Cl)Cl.[O]=[Hg]. The van der Waals surface area contributed by atoms with Gasteiger partial charge in [0.1, 0.15) is 5.78 Å². The van der Waals surface area contributed by atoms with E-state index in [0.717, 1.165) is 0 Å². The first-order valence-corrected chi connectivity index (χ1v) is 5.65. The van der Waals surface area contributed by atoms with E-state index in [2.05, 4.69) is 0 Å². The van der Waals surface area contributed by atoms with Gasteiger partial charge in [0.15, 0.2) is 3.79 Å². The van der Waals surface area contributed by atoms with Crippen molar-refractivity contribution in [1.29, 1.82) is 0 Å². The minimum atomic E-state index is -1.41. The number of alkyl halides is 3. The van der Waals surface area contributed by atoms with Crippen LogP contribution in [0.15, 0.2) is 0 Å². The monoisotopic (exact) mass is 392 g/mol. The summed E-state index contributed by atoms with van der Waals surface area (Å²) >= 11 is 15.5. The summed E-state index contributed by atoms with van der Waals surface area (Å²) in [5.41, 5.74) is 0. The maximum atomic E-state index is 10.2. The average molecular weight is 392 g/mol. The summed E-state index contributed by atoms with van der Waals surface area (Å²) in [6, 6.07) is 0. The molecule has 0 saturated carbocycles. The second-order valence-electron chi connectivity index (χ2n) is 1.49. The molecule has 0 N–H and O–H groups in total. The number of hydrogen-bond acceptors (Lipinski definition) is 2. The number of carbonyl (C=O) groups is 1. The first-order valence-electron chi connectivity index (χ1n) is 2.27. The molecule has 0 aliphatic rings. The van der Waals surface area contributed by atoms with Gasteiger partial charge in [0.05, 0.1) is 6.42 Å². The van der Waals surface area contributed by atoms with Gasteiger partial charge in [0, 0.05) is 0 Å². The molecule has 0 unspecified atom stereocenters. The molecule has 2 nitrogen and oxygen atoms in total. The van der Waals surface area contributed by atoms with Gasteiger partial charge >= 0.3 is 28.8 Å². The molecule has 0 saturated heterocycles. The minimum absolute atomic E-state index is 0.0162. The van der Waals surface area contributed by atoms with Gasteiger partial charge < -0.3 is 0 Å². The van der Waals surface area contributed by atoms with E-state index in [-0.39, 0.29) is 38.3 Å². The average Bonchev–Trinajstić information content (AvgIpc) is 1.64. The molecule has 0 aliphatic heterocycles. The number of carbonyl (C=O) groups excluding carboxylic acids is 1. The van der Waals surface area contributed by atoms with Gasteiger partial charge in [-0.25, -0.2) is 0 Å². The normalized spacial score (nSPS) is 9.80. The van der Waals surface area contributed by atoms with E-state index in [4.69, 9.17) is 37.4 Å². The van der Waals surface area contributed by atoms with Crippen molar-refractivity contribution in [3.8, 4) is 0 Å². The Balaban J connectivity index is 0. The first kappa shape index (κ1) is 13.8. The quantitative estimate of drug-likeness (QED) is 0.507. The Morgan fingerprint density at radius 2 is 1.70 bits per heavy atom. The van der Waals surface area contributed by atoms with Crippen LogP contribution in [0.25, 0.3) is 0 Å². The Morgan fingerprint density at radius 3 is 1.70 bits per heavy atom. The van der Waals surface area contributed by atoms with Gasteiger partial charge in [-0.15, -0.1) is 0 Å². The number of hydrogen-bond donors (Lipinski definition) is 0. The van der Waals surface area contributed by atoms with Gasteiger partial charge in [-0.3, -0.25) is 4.79 Å². The molecule has 0 rings (SSSR count). The molecule has 0 aromatic carbocycles. The molecule has 0 aliphatic carbocycles. The third-order valence-corrected chi connectivity index (χ3v) is 0.850. The summed E-state index contributed by atoms with van der Waals surface area (Å²) in [6.07, 6.45) is -0.0162. The molecule has 0 aromatic rings. The van der Waals surface area contributed by atoms with Crippen LogP contribution in [0.2, 0.25) is 0 Å². The molecule has 0 spiro atoms. The standard InChI is InChI=1S/C4H5Cl3O.Hg.O/c1-3(8)2-4(5,6)7;;/h2H2,1H3;;. The van der Waals surface area contributed by atoms with Gasteiger partial charge in [0.25, 0.3) is 0 Å². The van der Waals surface area contributed by atoms with E-state index in [9.17, 15) is 4.79 Å². The zero-order chi connectivity index (χ0) is 8.78. The predicted octanol–water partition coefficient (Wildman–Crippen LogP) is 2.21. The van der Waals surface area contributed by atoms with Crippen LogP contribution in [0.5, 0.6) is 0 Å². The van der Waals surface area contributed by atoms with E-state index in [1.807, 2.05) is 0 Å². The molecule has 10 heavy (non-hydrogen) atoms. The summed E-state index contributed by atoms with van der Waals surface area (Å²) in [4.78, 5) is 10.2. The Hall–Kier alpha value is 1.28. The van der Waals surface area contributed by atoms with Crippen molar-refractivity contribution in [3.05, 3.63) is 0 Å². The van der Waals surface area contributed by atoms with E-state index in [0.29, 0.717) is 0 Å². The molecule has 0 atom stereocenters. The Kier molecular flexibility index (Phi) is 9.62. The number of Topliss-reactive ketones (excluding diaryl/α,β-unsaturated/α-hetero) is 1. The maximum absolute atomic E-state index is 10.2. The van der Waals surface area contributed by atoms with Crippen LogP contribution in [-0.4, -0.2) is 9.58 Å². The fourth-order valence-electron chi connectivity index (χ4n) is 0.282. The van der Waals surface area contributed by atoms with Crippen molar-refractivity contribution in [2.24, 2.45) is 0 Å². The zero-order valence-electron chi connectivity index (χ0n) is 5.36. The molecule has 0 fully saturated rings. The number of ketones is 1. The van der Waals surface area contributed by atoms with Gasteiger partial charge in [-0.2, -0.15) is 0 Å². The summed E-state index contributed by atoms with van der Waals surface area (Å²) < 4.78 is 7.03. The number of rotatable bonds is 1. The number of halogens is 3. The Morgan fingerprint density at radius 1 is 1.40 bits per heavy atom. The van der Waals surface area contributed by atoms with Gasteiger partial charge in [-0.05, 0) is 6.92 Å². The molecule has 0 radical (unpaired) electrons. The van der Waals surface area contributed by atoms with E-state index in [1.165, 1.54) is 6.92 Å². The van der Waals surface area contributed by atoms with E-state index < -0.39 is 3.79 Å². The van der Waals surface area contributed by atoms with Crippen LogP contribution in [-0.2, 0) is 33.6 Å². The van der Waals surface area contributed by atoms with Crippen molar-refractivity contribution in [1.82, 2.24) is 0 Å². The topological polar surface area (TPSA) is 34.1 Å². The molecule has 0 aromatic heterocycles. The molecule has 6 heteroatoms.